The highest BCUT2D eigenvalue weighted by molar-refractivity contribution is 5.83. The second kappa shape index (κ2) is 6.77. The number of rotatable bonds is 6. The molecule has 3 heteroatoms. The zero-order valence-electron chi connectivity index (χ0n) is 12.9. The number of aliphatic hydroxyl groups is 1. The van der Waals surface area contributed by atoms with Crippen molar-refractivity contribution < 1.29 is 5.11 Å². The number of hydrogen-bond donors (Lipinski definition) is 2. The largest absolute Gasteiger partial charge is 0.387 e. The average Bonchev–Trinajstić information content (AvgIpc) is 2.94. The van der Waals surface area contributed by atoms with Crippen molar-refractivity contribution in [1.29, 1.82) is 0 Å². The van der Waals surface area contributed by atoms with Crippen molar-refractivity contribution in [2.75, 3.05) is 6.54 Å². The third-order valence-electron chi connectivity index (χ3n) is 4.05. The minimum Gasteiger partial charge on any atom is -0.387 e. The fourth-order valence-electron chi connectivity index (χ4n) is 2.86. The van der Waals surface area contributed by atoms with E-state index >= 15 is 0 Å². The summed E-state index contributed by atoms with van der Waals surface area (Å²) >= 11 is 0. The van der Waals surface area contributed by atoms with Crippen LogP contribution in [0.4, 0.5) is 0 Å². The van der Waals surface area contributed by atoms with Crippen LogP contribution in [-0.4, -0.2) is 16.2 Å². The molecule has 1 heterocycles. The molecule has 1 atom stereocenters. The molecule has 0 aliphatic carbocycles. The topological polar surface area (TPSA) is 37.2 Å². The molecule has 0 fully saturated rings. The molecule has 0 aliphatic heterocycles. The summed E-state index contributed by atoms with van der Waals surface area (Å²) in [5.74, 6) is 0. The molecule has 114 valence electrons. The first-order valence-electron chi connectivity index (χ1n) is 7.80. The average molecular weight is 294 g/mol. The molecule has 3 aromatic rings. The molecule has 0 radical (unpaired) electrons. The molecule has 0 amide bonds. The summed E-state index contributed by atoms with van der Waals surface area (Å²) in [6.07, 6.45) is 1.73. The van der Waals surface area contributed by atoms with Crippen LogP contribution >= 0.6 is 0 Å². The molecule has 1 aromatic heterocycles. The lowest BCUT2D eigenvalue weighted by Crippen LogP contribution is -2.20. The summed E-state index contributed by atoms with van der Waals surface area (Å²) in [7, 11) is 0. The minimum atomic E-state index is -0.472. The number of nitrogens with zero attached hydrogens (tertiary/aromatic N) is 1. The second-order valence-corrected chi connectivity index (χ2v) is 5.51. The number of aromatic nitrogens is 1. The third kappa shape index (κ3) is 3.06. The molecule has 0 saturated heterocycles. The van der Waals surface area contributed by atoms with Gasteiger partial charge in [0, 0.05) is 36.7 Å². The van der Waals surface area contributed by atoms with Gasteiger partial charge in [0.2, 0.25) is 0 Å². The van der Waals surface area contributed by atoms with E-state index < -0.39 is 6.10 Å². The molecular weight excluding hydrogens is 272 g/mol. The van der Waals surface area contributed by atoms with Gasteiger partial charge in [0.15, 0.2) is 0 Å². The van der Waals surface area contributed by atoms with Gasteiger partial charge in [-0.3, -0.25) is 0 Å². The maximum Gasteiger partial charge on any atom is 0.0914 e. The lowest BCUT2D eigenvalue weighted by Gasteiger charge is -2.11. The lowest BCUT2D eigenvalue weighted by molar-refractivity contribution is 0.174. The summed E-state index contributed by atoms with van der Waals surface area (Å²) in [5.41, 5.74) is 3.49. The van der Waals surface area contributed by atoms with E-state index in [1.54, 1.807) is 0 Å². The van der Waals surface area contributed by atoms with Crippen molar-refractivity contribution in [1.82, 2.24) is 9.88 Å². The van der Waals surface area contributed by atoms with Gasteiger partial charge < -0.3 is 15.0 Å². The number of aryl methyl sites for hydroxylation is 1. The van der Waals surface area contributed by atoms with E-state index in [1.807, 2.05) is 30.3 Å². The lowest BCUT2D eigenvalue weighted by atomic mass is 10.1. The summed E-state index contributed by atoms with van der Waals surface area (Å²) in [6.45, 7) is 4.43. The Morgan fingerprint density at radius 1 is 1.05 bits per heavy atom. The first-order valence-corrected chi connectivity index (χ1v) is 7.80. The van der Waals surface area contributed by atoms with E-state index in [9.17, 15) is 5.11 Å². The molecule has 3 rings (SSSR count). The number of nitrogens with one attached hydrogen (secondary N) is 1. The van der Waals surface area contributed by atoms with Crippen LogP contribution in [0.3, 0.4) is 0 Å². The van der Waals surface area contributed by atoms with E-state index in [0.29, 0.717) is 6.54 Å². The standard InChI is InChI=1S/C19H22N2O/c1-2-21-14-16(17-10-6-7-11-18(17)21)12-20-13-19(22)15-8-4-3-5-9-15/h3-11,14,19-20,22H,2,12-13H2,1H3. The summed E-state index contributed by atoms with van der Waals surface area (Å²) in [6, 6.07) is 18.2. The predicted molar refractivity (Wildman–Crippen MR) is 90.7 cm³/mol. The van der Waals surface area contributed by atoms with Crippen molar-refractivity contribution in [3.8, 4) is 0 Å². The summed E-state index contributed by atoms with van der Waals surface area (Å²) in [5, 5.41) is 14.8. The Hall–Kier alpha value is -2.10. The van der Waals surface area contributed by atoms with Crippen LogP contribution in [0.2, 0.25) is 0 Å². The van der Waals surface area contributed by atoms with Crippen molar-refractivity contribution in [3.63, 3.8) is 0 Å². The van der Waals surface area contributed by atoms with Crippen LogP contribution in [0.5, 0.6) is 0 Å². The Balaban J connectivity index is 1.67. The summed E-state index contributed by atoms with van der Waals surface area (Å²) < 4.78 is 2.26. The van der Waals surface area contributed by atoms with Crippen molar-refractivity contribution >= 4 is 10.9 Å². The van der Waals surface area contributed by atoms with Gasteiger partial charge in [-0.1, -0.05) is 48.5 Å². The van der Waals surface area contributed by atoms with Gasteiger partial charge >= 0.3 is 0 Å². The van der Waals surface area contributed by atoms with E-state index in [-0.39, 0.29) is 0 Å². The van der Waals surface area contributed by atoms with Gasteiger partial charge in [0.25, 0.3) is 0 Å². The Morgan fingerprint density at radius 3 is 2.55 bits per heavy atom. The van der Waals surface area contributed by atoms with Crippen LogP contribution < -0.4 is 5.32 Å². The Morgan fingerprint density at radius 2 is 1.77 bits per heavy atom. The monoisotopic (exact) mass is 294 g/mol. The maximum atomic E-state index is 10.2. The highest BCUT2D eigenvalue weighted by atomic mass is 16.3. The van der Waals surface area contributed by atoms with Gasteiger partial charge in [-0.25, -0.2) is 0 Å². The molecule has 0 saturated carbocycles. The number of benzene rings is 2. The third-order valence-corrected chi connectivity index (χ3v) is 4.05. The smallest absolute Gasteiger partial charge is 0.0914 e. The van der Waals surface area contributed by atoms with Crippen LogP contribution in [0.25, 0.3) is 10.9 Å². The highest BCUT2D eigenvalue weighted by Crippen LogP contribution is 2.21. The minimum absolute atomic E-state index is 0.472. The zero-order chi connectivity index (χ0) is 15.4. The number of para-hydroxylation sites is 1. The SMILES string of the molecule is CCn1cc(CNCC(O)c2ccccc2)c2ccccc21. The van der Waals surface area contributed by atoms with Crippen LogP contribution in [-0.2, 0) is 13.1 Å². The van der Waals surface area contributed by atoms with E-state index in [4.69, 9.17) is 0 Å². The molecule has 2 N–H and O–H groups in total. The number of hydrogen-bond acceptors (Lipinski definition) is 2. The Kier molecular flexibility index (Phi) is 4.56. The summed E-state index contributed by atoms with van der Waals surface area (Å²) in [4.78, 5) is 0. The molecule has 3 nitrogen and oxygen atoms in total. The van der Waals surface area contributed by atoms with Crippen LogP contribution in [0, 0.1) is 0 Å². The first-order chi connectivity index (χ1) is 10.8. The maximum absolute atomic E-state index is 10.2. The first kappa shape index (κ1) is 14.8. The fraction of sp³-hybridized carbons (Fsp3) is 0.263. The predicted octanol–water partition coefficient (Wildman–Crippen LogP) is 3.48. The normalized spacial score (nSPS) is 12.6. The molecular formula is C19H22N2O. The van der Waals surface area contributed by atoms with Gasteiger partial charge in [-0.2, -0.15) is 0 Å². The molecule has 0 bridgehead atoms. The fourth-order valence-corrected chi connectivity index (χ4v) is 2.86. The zero-order valence-corrected chi connectivity index (χ0v) is 12.9. The van der Waals surface area contributed by atoms with E-state index in [0.717, 1.165) is 18.7 Å². The highest BCUT2D eigenvalue weighted by Gasteiger charge is 2.09. The molecule has 22 heavy (non-hydrogen) atoms. The molecule has 0 spiro atoms. The quantitative estimate of drug-likeness (QED) is 0.730. The molecule has 0 aliphatic rings. The van der Waals surface area contributed by atoms with Gasteiger partial charge in [0.05, 0.1) is 6.10 Å². The Labute approximate surface area is 131 Å². The van der Waals surface area contributed by atoms with Crippen LogP contribution in [0.15, 0.2) is 60.8 Å². The van der Waals surface area contributed by atoms with Gasteiger partial charge in [-0.05, 0) is 24.1 Å². The molecule has 2 aromatic carbocycles. The second-order valence-electron chi connectivity index (χ2n) is 5.51. The van der Waals surface area contributed by atoms with Crippen molar-refractivity contribution in [2.24, 2.45) is 0 Å². The van der Waals surface area contributed by atoms with E-state index in [1.165, 1.54) is 16.5 Å². The number of fused-ring (bicyclic) bond motifs is 1. The van der Waals surface area contributed by atoms with E-state index in [2.05, 4.69) is 47.3 Å². The molecule has 1 unspecified atom stereocenters. The van der Waals surface area contributed by atoms with Gasteiger partial charge in [0.1, 0.15) is 0 Å². The van der Waals surface area contributed by atoms with Crippen LogP contribution in [0.1, 0.15) is 24.2 Å². The van der Waals surface area contributed by atoms with Gasteiger partial charge in [-0.15, -0.1) is 0 Å². The number of aliphatic hydroxyl groups excluding tert-OH is 1. The van der Waals surface area contributed by atoms with Crippen molar-refractivity contribution in [2.45, 2.75) is 26.1 Å². The van der Waals surface area contributed by atoms with Crippen molar-refractivity contribution in [3.05, 3.63) is 71.9 Å². The Bertz CT molecular complexity index is 734.